The third-order valence-corrected chi connectivity index (χ3v) is 2.13. The van der Waals surface area contributed by atoms with Crippen LogP contribution in [0.2, 0.25) is 0 Å². The summed E-state index contributed by atoms with van der Waals surface area (Å²) in [5.74, 6) is 1.68. The van der Waals surface area contributed by atoms with Crippen molar-refractivity contribution in [2.45, 2.75) is 4.90 Å². The number of benzene rings is 1. The second-order valence-corrected chi connectivity index (χ2v) is 3.09. The Labute approximate surface area is 81.3 Å². The first-order chi connectivity index (χ1) is 6.26. The highest BCUT2D eigenvalue weighted by Crippen LogP contribution is 2.18. The smallest absolute Gasteiger partial charge is 0.389 e. The number of terminal acetylenes is 1. The van der Waals surface area contributed by atoms with E-state index < -0.39 is 5.97 Å². The molecule has 0 saturated carbocycles. The first-order valence-electron chi connectivity index (χ1n) is 3.58. The lowest BCUT2D eigenvalue weighted by atomic mass is 10.3. The number of hydrogen-bond acceptors (Lipinski definition) is 3. The molecule has 0 unspecified atom stereocenters. The van der Waals surface area contributed by atoms with Crippen LogP contribution in [0.1, 0.15) is 0 Å². The minimum absolute atomic E-state index is 0.473. The van der Waals surface area contributed by atoms with Crippen LogP contribution in [-0.2, 0) is 4.79 Å². The lowest BCUT2D eigenvalue weighted by Gasteiger charge is -2.00. The number of hydrogen-bond donors (Lipinski definition) is 0. The molecule has 0 aromatic heterocycles. The van der Waals surface area contributed by atoms with Crippen LogP contribution in [0.4, 0.5) is 0 Å². The summed E-state index contributed by atoms with van der Waals surface area (Å²) in [5.41, 5.74) is 0. The minimum atomic E-state index is -0.670. The number of rotatable bonds is 2. The quantitative estimate of drug-likeness (QED) is 0.235. The summed E-state index contributed by atoms with van der Waals surface area (Å²) in [7, 11) is 0. The van der Waals surface area contributed by atoms with Crippen molar-refractivity contribution in [3.05, 3.63) is 24.3 Å². The predicted molar refractivity (Wildman–Crippen MR) is 52.7 cm³/mol. The third kappa shape index (κ3) is 2.85. The Morgan fingerprint density at radius 2 is 2.08 bits per heavy atom. The van der Waals surface area contributed by atoms with E-state index in [1.807, 2.05) is 24.3 Å². The Morgan fingerprint density at radius 1 is 1.46 bits per heavy atom. The fourth-order valence-corrected chi connectivity index (χ4v) is 1.19. The van der Waals surface area contributed by atoms with Crippen LogP contribution in [0, 0.1) is 12.3 Å². The maximum absolute atomic E-state index is 10.7. The van der Waals surface area contributed by atoms with Crippen molar-refractivity contribution in [1.82, 2.24) is 0 Å². The van der Waals surface area contributed by atoms with Gasteiger partial charge in [-0.3, -0.25) is 0 Å². The Hall–Kier alpha value is -1.40. The van der Waals surface area contributed by atoms with Crippen LogP contribution in [-0.4, -0.2) is 12.2 Å². The zero-order valence-corrected chi connectivity index (χ0v) is 7.93. The number of ether oxygens (including phenoxy) is 1. The molecule has 2 nitrogen and oxygen atoms in total. The summed E-state index contributed by atoms with van der Waals surface area (Å²) in [6, 6.07) is 7.15. The van der Waals surface area contributed by atoms with E-state index in [4.69, 9.17) is 11.2 Å². The van der Waals surface area contributed by atoms with Gasteiger partial charge in [0.2, 0.25) is 0 Å². The van der Waals surface area contributed by atoms with Crippen LogP contribution < -0.4 is 4.74 Å². The molecule has 0 amide bonds. The highest BCUT2D eigenvalue weighted by molar-refractivity contribution is 7.98. The van der Waals surface area contributed by atoms with Gasteiger partial charge >= 0.3 is 5.97 Å². The van der Waals surface area contributed by atoms with Crippen molar-refractivity contribution < 1.29 is 9.53 Å². The SMILES string of the molecule is C#CC(=O)Oc1ccc(SC)cc1. The fourth-order valence-electron chi connectivity index (χ4n) is 0.780. The first-order valence-corrected chi connectivity index (χ1v) is 4.81. The van der Waals surface area contributed by atoms with Gasteiger partial charge in [-0.1, -0.05) is 0 Å². The minimum Gasteiger partial charge on any atom is -0.417 e. The molecule has 0 N–H and O–H groups in total. The zero-order valence-electron chi connectivity index (χ0n) is 7.11. The van der Waals surface area contributed by atoms with Crippen LogP contribution in [0.25, 0.3) is 0 Å². The van der Waals surface area contributed by atoms with E-state index in [-0.39, 0.29) is 0 Å². The van der Waals surface area contributed by atoms with Gasteiger partial charge < -0.3 is 4.74 Å². The van der Waals surface area contributed by atoms with Gasteiger partial charge in [-0.2, -0.15) is 0 Å². The summed E-state index contributed by atoms with van der Waals surface area (Å²) in [5, 5.41) is 0. The van der Waals surface area contributed by atoms with Crippen LogP contribution in [0.5, 0.6) is 5.75 Å². The average molecular weight is 192 g/mol. The van der Waals surface area contributed by atoms with Gasteiger partial charge in [0.1, 0.15) is 5.75 Å². The fraction of sp³-hybridized carbons (Fsp3) is 0.100. The van der Waals surface area contributed by atoms with Gasteiger partial charge in [-0.25, -0.2) is 4.79 Å². The topological polar surface area (TPSA) is 26.3 Å². The van der Waals surface area contributed by atoms with E-state index in [0.29, 0.717) is 5.75 Å². The third-order valence-electron chi connectivity index (χ3n) is 1.39. The van der Waals surface area contributed by atoms with E-state index in [9.17, 15) is 4.79 Å². The van der Waals surface area contributed by atoms with Crippen molar-refractivity contribution in [1.29, 1.82) is 0 Å². The van der Waals surface area contributed by atoms with Gasteiger partial charge in [0, 0.05) is 10.8 Å². The lowest BCUT2D eigenvalue weighted by molar-refractivity contribution is -0.128. The number of carbonyl (C=O) groups is 1. The molecule has 0 bridgehead atoms. The molecular weight excluding hydrogens is 184 g/mol. The van der Waals surface area contributed by atoms with Crippen molar-refractivity contribution in [2.24, 2.45) is 0 Å². The van der Waals surface area contributed by atoms with Crippen LogP contribution in [0.15, 0.2) is 29.2 Å². The highest BCUT2D eigenvalue weighted by atomic mass is 32.2. The van der Waals surface area contributed by atoms with Crippen LogP contribution >= 0.6 is 11.8 Å². The first kappa shape index (κ1) is 9.69. The highest BCUT2D eigenvalue weighted by Gasteiger charge is 1.99. The normalized spacial score (nSPS) is 8.92. The Morgan fingerprint density at radius 3 is 2.54 bits per heavy atom. The molecule has 1 rings (SSSR count). The average Bonchev–Trinajstić information content (AvgIpc) is 2.19. The molecule has 0 saturated heterocycles. The van der Waals surface area contributed by atoms with E-state index in [0.717, 1.165) is 4.90 Å². The molecule has 0 heterocycles. The summed E-state index contributed by atoms with van der Waals surface area (Å²) in [6.45, 7) is 0. The van der Waals surface area contributed by atoms with Crippen molar-refractivity contribution in [3.8, 4) is 18.1 Å². The van der Waals surface area contributed by atoms with E-state index in [1.165, 1.54) is 0 Å². The molecule has 0 radical (unpaired) electrons. The van der Waals surface area contributed by atoms with E-state index >= 15 is 0 Å². The standard InChI is InChI=1S/C10H8O2S/c1-3-10(11)12-8-4-6-9(13-2)7-5-8/h1,4-7H,2H3. The molecule has 1 aromatic rings. The largest absolute Gasteiger partial charge is 0.417 e. The number of thioether (sulfide) groups is 1. The maximum atomic E-state index is 10.7. The molecule has 0 aliphatic carbocycles. The van der Waals surface area contributed by atoms with Gasteiger partial charge in [0.25, 0.3) is 0 Å². The molecule has 1 aromatic carbocycles. The van der Waals surface area contributed by atoms with Gasteiger partial charge in [-0.05, 0) is 30.5 Å². The summed E-state index contributed by atoms with van der Waals surface area (Å²) >= 11 is 1.62. The molecule has 0 aliphatic heterocycles. The second-order valence-electron chi connectivity index (χ2n) is 2.21. The Bertz CT molecular complexity index is 335. The van der Waals surface area contributed by atoms with Gasteiger partial charge in [0.15, 0.2) is 0 Å². The molecule has 66 valence electrons. The summed E-state index contributed by atoms with van der Waals surface area (Å²) < 4.78 is 4.78. The molecule has 0 spiro atoms. The molecule has 3 heteroatoms. The van der Waals surface area contributed by atoms with Crippen LogP contribution in [0.3, 0.4) is 0 Å². The summed E-state index contributed by atoms with van der Waals surface area (Å²) in [6.07, 6.45) is 6.82. The Balaban J connectivity index is 2.71. The van der Waals surface area contributed by atoms with Crippen molar-refractivity contribution >= 4 is 17.7 Å². The predicted octanol–water partition coefficient (Wildman–Crippen LogP) is 1.95. The van der Waals surface area contributed by atoms with Gasteiger partial charge in [-0.15, -0.1) is 18.2 Å². The molecule has 0 aliphatic rings. The molecule has 13 heavy (non-hydrogen) atoms. The van der Waals surface area contributed by atoms with Crippen molar-refractivity contribution in [3.63, 3.8) is 0 Å². The molecular formula is C10H8O2S. The molecule has 0 atom stereocenters. The second kappa shape index (κ2) is 4.58. The summed E-state index contributed by atoms with van der Waals surface area (Å²) in [4.78, 5) is 11.8. The zero-order chi connectivity index (χ0) is 9.68. The Kier molecular flexibility index (Phi) is 3.41. The molecule has 0 fully saturated rings. The number of carbonyl (C=O) groups excluding carboxylic acids is 1. The number of esters is 1. The van der Waals surface area contributed by atoms with Gasteiger partial charge in [0.05, 0.1) is 0 Å². The van der Waals surface area contributed by atoms with E-state index in [1.54, 1.807) is 23.9 Å². The van der Waals surface area contributed by atoms with E-state index in [2.05, 4.69) is 0 Å². The maximum Gasteiger partial charge on any atom is 0.389 e. The lowest BCUT2D eigenvalue weighted by Crippen LogP contribution is -2.03. The van der Waals surface area contributed by atoms with Crippen molar-refractivity contribution in [2.75, 3.05) is 6.26 Å². The monoisotopic (exact) mass is 192 g/mol.